The maximum Gasteiger partial charge on any atom is 0.247 e. The number of benzene rings is 2. The molecule has 3 unspecified atom stereocenters. The molecule has 6 heteroatoms. The van der Waals surface area contributed by atoms with Crippen molar-refractivity contribution in [1.82, 2.24) is 10.2 Å². The highest BCUT2D eigenvalue weighted by atomic mass is 32.2. The van der Waals surface area contributed by atoms with Gasteiger partial charge in [0.15, 0.2) is 0 Å². The molecule has 0 spiro atoms. The van der Waals surface area contributed by atoms with Crippen molar-refractivity contribution in [2.75, 3.05) is 12.3 Å². The molecule has 5 aliphatic rings. The maximum absolute atomic E-state index is 13.4. The van der Waals surface area contributed by atoms with Crippen molar-refractivity contribution in [3.63, 3.8) is 0 Å². The Kier molecular flexibility index (Phi) is 5.69. The van der Waals surface area contributed by atoms with E-state index in [2.05, 4.69) is 58.7 Å². The van der Waals surface area contributed by atoms with Gasteiger partial charge in [-0.3, -0.25) is 14.5 Å². The van der Waals surface area contributed by atoms with Crippen LogP contribution in [0.15, 0.2) is 54.6 Å². The molecule has 1 saturated heterocycles. The van der Waals surface area contributed by atoms with Gasteiger partial charge in [0.2, 0.25) is 11.8 Å². The molecule has 5 fully saturated rings. The molecule has 2 amide bonds. The number of thioether (sulfide) groups is 1. The van der Waals surface area contributed by atoms with Gasteiger partial charge in [-0.2, -0.15) is 0 Å². The molecule has 4 bridgehead atoms. The lowest BCUT2D eigenvalue weighted by molar-refractivity contribution is -0.147. The summed E-state index contributed by atoms with van der Waals surface area (Å²) in [7, 11) is 0. The second-order valence-electron chi connectivity index (χ2n) is 10.9. The summed E-state index contributed by atoms with van der Waals surface area (Å²) < 4.78 is 0. The van der Waals surface area contributed by atoms with E-state index in [1.165, 1.54) is 16.7 Å². The second-order valence-corrected chi connectivity index (χ2v) is 12.1. The monoisotopic (exact) mass is 475 g/mol. The fourth-order valence-electron chi connectivity index (χ4n) is 7.37. The summed E-state index contributed by atoms with van der Waals surface area (Å²) in [6.45, 7) is 1.71. The standard InChI is InChI=1S/C28H33N3O2S/c29-27(33)28-14-19-12-22(15-28)24(23(13-19)16-28)30-25(32)26-31(10-11-34-26)17-18-6-8-21(9-7-18)20-4-2-1-3-5-20/h1-9,19,22-24,26H,10-17H2,(H2,29,33)(H,30,32). The van der Waals surface area contributed by atoms with Crippen LogP contribution in [0.1, 0.15) is 37.7 Å². The third kappa shape index (κ3) is 3.95. The first-order valence-corrected chi connectivity index (χ1v) is 13.7. The molecule has 34 heavy (non-hydrogen) atoms. The lowest BCUT2D eigenvalue weighted by Gasteiger charge is -2.58. The minimum Gasteiger partial charge on any atom is -0.369 e. The topological polar surface area (TPSA) is 75.4 Å². The zero-order chi connectivity index (χ0) is 23.3. The average Bonchev–Trinajstić information content (AvgIpc) is 3.30. The first-order valence-electron chi connectivity index (χ1n) is 12.6. The van der Waals surface area contributed by atoms with Crippen LogP contribution in [0.5, 0.6) is 0 Å². The summed E-state index contributed by atoms with van der Waals surface area (Å²) in [6, 6.07) is 19.3. The van der Waals surface area contributed by atoms with Gasteiger partial charge >= 0.3 is 0 Å². The highest BCUT2D eigenvalue weighted by Crippen LogP contribution is 2.60. The van der Waals surface area contributed by atoms with Crippen LogP contribution in [-0.2, 0) is 16.1 Å². The molecule has 1 heterocycles. The second kappa shape index (κ2) is 8.72. The van der Waals surface area contributed by atoms with Crippen molar-refractivity contribution in [3.05, 3.63) is 60.2 Å². The lowest BCUT2D eigenvalue weighted by atomic mass is 9.47. The maximum atomic E-state index is 13.4. The Morgan fingerprint density at radius 3 is 2.32 bits per heavy atom. The summed E-state index contributed by atoms with van der Waals surface area (Å²) in [5.74, 6) is 2.40. The number of carbonyl (C=O) groups excluding carboxylic acids is 2. The minimum absolute atomic E-state index is 0.118. The Morgan fingerprint density at radius 1 is 0.971 bits per heavy atom. The zero-order valence-corrected chi connectivity index (χ0v) is 20.3. The molecule has 1 aliphatic heterocycles. The van der Waals surface area contributed by atoms with Gasteiger partial charge in [0.25, 0.3) is 0 Å². The first-order chi connectivity index (χ1) is 16.5. The molecular formula is C28H33N3O2S. The number of hydrogen-bond donors (Lipinski definition) is 2. The molecule has 178 valence electrons. The Hall–Kier alpha value is -2.31. The van der Waals surface area contributed by atoms with Crippen LogP contribution >= 0.6 is 11.8 Å². The van der Waals surface area contributed by atoms with Gasteiger partial charge in [-0.1, -0.05) is 54.6 Å². The van der Waals surface area contributed by atoms with Crippen LogP contribution in [-0.4, -0.2) is 40.4 Å². The van der Waals surface area contributed by atoms with E-state index in [-0.39, 0.29) is 28.6 Å². The highest BCUT2D eigenvalue weighted by molar-refractivity contribution is 8.00. The van der Waals surface area contributed by atoms with E-state index in [1.807, 2.05) is 6.07 Å². The quantitative estimate of drug-likeness (QED) is 0.662. The molecule has 7 rings (SSSR count). The predicted octanol–water partition coefficient (Wildman–Crippen LogP) is 4.02. The molecule has 4 aliphatic carbocycles. The molecule has 4 saturated carbocycles. The van der Waals surface area contributed by atoms with Crippen molar-refractivity contribution in [2.24, 2.45) is 28.9 Å². The summed E-state index contributed by atoms with van der Waals surface area (Å²) in [6.07, 6.45) is 4.94. The zero-order valence-electron chi connectivity index (χ0n) is 19.5. The van der Waals surface area contributed by atoms with Gasteiger partial charge in [-0.15, -0.1) is 11.8 Å². The van der Waals surface area contributed by atoms with Crippen molar-refractivity contribution in [1.29, 1.82) is 0 Å². The predicted molar refractivity (Wildman–Crippen MR) is 136 cm³/mol. The summed E-state index contributed by atoms with van der Waals surface area (Å²) >= 11 is 1.75. The van der Waals surface area contributed by atoms with Crippen molar-refractivity contribution in [3.8, 4) is 11.1 Å². The molecular weight excluding hydrogens is 442 g/mol. The lowest BCUT2D eigenvalue weighted by Crippen LogP contribution is -2.63. The van der Waals surface area contributed by atoms with Crippen LogP contribution in [0.4, 0.5) is 0 Å². The Bertz CT molecular complexity index is 1060. The van der Waals surface area contributed by atoms with Crippen molar-refractivity contribution in [2.45, 2.75) is 50.1 Å². The Labute approximate surface area is 205 Å². The Morgan fingerprint density at radius 2 is 1.65 bits per heavy atom. The van der Waals surface area contributed by atoms with Gasteiger partial charge in [0.05, 0.1) is 0 Å². The van der Waals surface area contributed by atoms with E-state index >= 15 is 0 Å². The molecule has 2 aromatic rings. The number of amides is 2. The van der Waals surface area contributed by atoms with Gasteiger partial charge in [-0.05, 0) is 66.5 Å². The molecule has 5 nitrogen and oxygen atoms in total. The minimum atomic E-state index is -0.308. The summed E-state index contributed by atoms with van der Waals surface area (Å²) in [5, 5.41) is 3.31. The first kappa shape index (κ1) is 22.2. The molecule has 2 aromatic carbocycles. The number of carbonyl (C=O) groups is 2. The number of rotatable bonds is 6. The number of hydrogen-bond acceptors (Lipinski definition) is 4. The third-order valence-electron chi connectivity index (χ3n) is 8.76. The van der Waals surface area contributed by atoms with E-state index in [1.54, 1.807) is 11.8 Å². The van der Waals surface area contributed by atoms with E-state index < -0.39 is 0 Å². The number of nitrogens with one attached hydrogen (secondary N) is 1. The van der Waals surface area contributed by atoms with Crippen LogP contribution in [0, 0.1) is 23.2 Å². The van der Waals surface area contributed by atoms with Crippen LogP contribution in [0.3, 0.4) is 0 Å². The van der Waals surface area contributed by atoms with E-state index in [0.717, 1.165) is 50.9 Å². The SMILES string of the molecule is NC(=O)C12CC3CC(C1)C(NC(=O)C1SCCN1Cc1ccc(-c4ccccc4)cc1)C(C3)C2. The van der Waals surface area contributed by atoms with Gasteiger partial charge in [0, 0.05) is 30.3 Å². The largest absolute Gasteiger partial charge is 0.369 e. The number of nitrogens with zero attached hydrogens (tertiary/aromatic N) is 1. The van der Waals surface area contributed by atoms with E-state index in [4.69, 9.17) is 5.73 Å². The molecule has 3 N–H and O–H groups in total. The average molecular weight is 476 g/mol. The van der Waals surface area contributed by atoms with Crippen molar-refractivity contribution >= 4 is 23.6 Å². The van der Waals surface area contributed by atoms with Gasteiger partial charge in [-0.25, -0.2) is 0 Å². The fourth-order valence-corrected chi connectivity index (χ4v) is 8.55. The van der Waals surface area contributed by atoms with Gasteiger partial charge in [0.1, 0.15) is 5.37 Å². The van der Waals surface area contributed by atoms with Gasteiger partial charge < -0.3 is 11.1 Å². The third-order valence-corrected chi connectivity index (χ3v) is 10.0. The van der Waals surface area contributed by atoms with E-state index in [9.17, 15) is 9.59 Å². The summed E-state index contributed by atoms with van der Waals surface area (Å²) in [5.41, 5.74) is 9.19. The smallest absolute Gasteiger partial charge is 0.247 e. The summed E-state index contributed by atoms with van der Waals surface area (Å²) in [4.78, 5) is 28.0. The van der Waals surface area contributed by atoms with Crippen LogP contribution in [0.2, 0.25) is 0 Å². The molecule has 0 radical (unpaired) electrons. The Balaban J connectivity index is 1.11. The normalized spacial score (nSPS) is 34.3. The van der Waals surface area contributed by atoms with E-state index in [0.29, 0.717) is 17.8 Å². The number of primary amides is 1. The molecule has 3 atom stereocenters. The van der Waals surface area contributed by atoms with Crippen LogP contribution in [0.25, 0.3) is 11.1 Å². The van der Waals surface area contributed by atoms with Crippen LogP contribution < -0.4 is 11.1 Å². The number of nitrogens with two attached hydrogens (primary N) is 1. The van der Waals surface area contributed by atoms with Crippen molar-refractivity contribution < 1.29 is 9.59 Å². The molecule has 0 aromatic heterocycles. The highest BCUT2D eigenvalue weighted by Gasteiger charge is 2.58. The fraction of sp³-hybridized carbons (Fsp3) is 0.500.